The molecule has 1 aromatic carbocycles. The van der Waals surface area contributed by atoms with Crippen LogP contribution in [0, 0.1) is 17.0 Å². The van der Waals surface area contributed by atoms with Gasteiger partial charge in [0, 0.05) is 17.0 Å². The number of carbonyl (C=O) groups is 1. The fourth-order valence-electron chi connectivity index (χ4n) is 1.99. The number of nitro benzene ring substituents is 1. The van der Waals surface area contributed by atoms with Gasteiger partial charge in [-0.15, -0.1) is 0 Å². The van der Waals surface area contributed by atoms with Crippen molar-refractivity contribution < 1.29 is 18.9 Å². The van der Waals surface area contributed by atoms with Crippen molar-refractivity contribution in [3.8, 4) is 0 Å². The Bertz CT molecular complexity index is 644. The van der Waals surface area contributed by atoms with E-state index in [0.717, 1.165) is 0 Å². The molecule has 19 heavy (non-hydrogen) atoms. The maximum absolute atomic E-state index is 11.5. The molecule has 2 rings (SSSR count). The highest BCUT2D eigenvalue weighted by Gasteiger charge is 2.21. The van der Waals surface area contributed by atoms with Crippen LogP contribution in [0.25, 0.3) is 11.0 Å². The van der Waals surface area contributed by atoms with E-state index in [1.807, 2.05) is 0 Å². The van der Waals surface area contributed by atoms with Gasteiger partial charge in [0.15, 0.2) is 0 Å². The zero-order valence-electron chi connectivity index (χ0n) is 10.6. The van der Waals surface area contributed by atoms with E-state index in [9.17, 15) is 14.9 Å². The second kappa shape index (κ2) is 5.09. The third-order valence-electron chi connectivity index (χ3n) is 2.82. The van der Waals surface area contributed by atoms with Crippen molar-refractivity contribution in [2.45, 2.75) is 20.3 Å². The number of ether oxygens (including phenoxy) is 1. The molecule has 0 radical (unpaired) electrons. The topological polar surface area (TPSA) is 82.6 Å². The maximum Gasteiger partial charge on any atom is 0.312 e. The number of para-hydroxylation sites is 1. The molecule has 1 aromatic heterocycles. The first-order valence-electron chi connectivity index (χ1n) is 5.85. The predicted molar refractivity (Wildman–Crippen MR) is 67.9 cm³/mol. The maximum atomic E-state index is 11.5. The molecular weight excluding hydrogens is 250 g/mol. The minimum absolute atomic E-state index is 0.0494. The summed E-state index contributed by atoms with van der Waals surface area (Å²) in [5, 5.41) is 11.5. The predicted octanol–water partition coefficient (Wildman–Crippen LogP) is 2.76. The lowest BCUT2D eigenvalue weighted by Gasteiger charge is -2.00. The zero-order valence-corrected chi connectivity index (χ0v) is 10.6. The van der Waals surface area contributed by atoms with Gasteiger partial charge in [0.1, 0.15) is 5.76 Å². The molecule has 0 fully saturated rings. The SMILES string of the molecule is CCOC(=O)Cc1c(C)oc2c([N+](=O)[O-])cccc12. The first-order chi connectivity index (χ1) is 9.04. The number of fused-ring (bicyclic) bond motifs is 1. The van der Waals surface area contributed by atoms with Crippen LogP contribution in [0.2, 0.25) is 0 Å². The lowest BCUT2D eigenvalue weighted by Crippen LogP contribution is -2.07. The van der Waals surface area contributed by atoms with Crippen LogP contribution in [0.5, 0.6) is 0 Å². The molecule has 6 nitrogen and oxygen atoms in total. The van der Waals surface area contributed by atoms with Gasteiger partial charge in [0.05, 0.1) is 18.0 Å². The Morgan fingerprint density at radius 2 is 2.21 bits per heavy atom. The Balaban J connectivity index is 2.51. The number of nitro groups is 1. The van der Waals surface area contributed by atoms with Crippen LogP contribution in [0.15, 0.2) is 22.6 Å². The molecule has 0 amide bonds. The molecule has 6 heteroatoms. The molecule has 0 aliphatic carbocycles. The Morgan fingerprint density at radius 3 is 2.84 bits per heavy atom. The zero-order chi connectivity index (χ0) is 14.0. The lowest BCUT2D eigenvalue weighted by atomic mass is 10.1. The lowest BCUT2D eigenvalue weighted by molar-refractivity contribution is -0.383. The number of non-ortho nitro benzene ring substituents is 1. The molecular formula is C13H13NO5. The molecule has 1 heterocycles. The number of carbonyl (C=O) groups excluding carboxylic acids is 1. The summed E-state index contributed by atoms with van der Waals surface area (Å²) in [6.45, 7) is 3.70. The highest BCUT2D eigenvalue weighted by atomic mass is 16.6. The molecule has 2 aromatic rings. The quantitative estimate of drug-likeness (QED) is 0.481. The average Bonchev–Trinajstić information content (AvgIpc) is 2.66. The number of hydrogen-bond donors (Lipinski definition) is 0. The molecule has 0 spiro atoms. The summed E-state index contributed by atoms with van der Waals surface area (Å²) in [5.41, 5.74) is 0.733. The van der Waals surface area contributed by atoms with Crippen molar-refractivity contribution in [3.05, 3.63) is 39.6 Å². The number of hydrogen-bond acceptors (Lipinski definition) is 5. The van der Waals surface area contributed by atoms with Crippen molar-refractivity contribution >= 4 is 22.6 Å². The van der Waals surface area contributed by atoms with Gasteiger partial charge in [-0.1, -0.05) is 12.1 Å². The molecule has 0 bridgehead atoms. The Kier molecular flexibility index (Phi) is 3.50. The van der Waals surface area contributed by atoms with Gasteiger partial charge in [0.2, 0.25) is 5.58 Å². The smallest absolute Gasteiger partial charge is 0.312 e. The number of benzene rings is 1. The fraction of sp³-hybridized carbons (Fsp3) is 0.308. The Labute approximate surface area is 109 Å². The number of esters is 1. The first kappa shape index (κ1) is 13.1. The molecule has 0 saturated carbocycles. The van der Waals surface area contributed by atoms with Crippen molar-refractivity contribution in [2.75, 3.05) is 6.61 Å². The second-order valence-electron chi connectivity index (χ2n) is 4.03. The van der Waals surface area contributed by atoms with Crippen LogP contribution >= 0.6 is 0 Å². The van der Waals surface area contributed by atoms with E-state index < -0.39 is 4.92 Å². The average molecular weight is 263 g/mol. The number of nitrogens with zero attached hydrogens (tertiary/aromatic N) is 1. The van der Waals surface area contributed by atoms with Crippen LogP contribution in [0.4, 0.5) is 5.69 Å². The van der Waals surface area contributed by atoms with Crippen molar-refractivity contribution in [3.63, 3.8) is 0 Å². The van der Waals surface area contributed by atoms with Gasteiger partial charge in [-0.3, -0.25) is 14.9 Å². The van der Waals surface area contributed by atoms with E-state index in [1.54, 1.807) is 26.0 Å². The first-order valence-corrected chi connectivity index (χ1v) is 5.85. The van der Waals surface area contributed by atoms with E-state index in [1.165, 1.54) is 6.07 Å². The summed E-state index contributed by atoms with van der Waals surface area (Å²) >= 11 is 0. The number of furan rings is 1. The number of aryl methyl sites for hydroxylation is 1. The van der Waals surface area contributed by atoms with Crippen LogP contribution in [-0.4, -0.2) is 17.5 Å². The molecule has 100 valence electrons. The van der Waals surface area contributed by atoms with Crippen molar-refractivity contribution in [2.24, 2.45) is 0 Å². The van der Waals surface area contributed by atoms with E-state index in [4.69, 9.17) is 9.15 Å². The summed E-state index contributed by atoms with van der Waals surface area (Å²) in [6.07, 6.45) is 0.0494. The number of rotatable bonds is 4. The van der Waals surface area contributed by atoms with Crippen LogP contribution in [0.3, 0.4) is 0 Å². The van der Waals surface area contributed by atoms with E-state index in [0.29, 0.717) is 23.3 Å². The monoisotopic (exact) mass is 263 g/mol. The fourth-order valence-corrected chi connectivity index (χ4v) is 1.99. The normalized spacial score (nSPS) is 10.6. The highest BCUT2D eigenvalue weighted by Crippen LogP contribution is 2.32. The largest absolute Gasteiger partial charge is 0.466 e. The molecule has 0 atom stereocenters. The third kappa shape index (κ3) is 2.42. The molecule has 0 saturated heterocycles. The minimum Gasteiger partial charge on any atom is -0.466 e. The van der Waals surface area contributed by atoms with Gasteiger partial charge in [-0.05, 0) is 13.8 Å². The minimum atomic E-state index is -0.501. The third-order valence-corrected chi connectivity index (χ3v) is 2.82. The summed E-state index contributed by atoms with van der Waals surface area (Å²) in [5.74, 6) is 0.122. The van der Waals surface area contributed by atoms with E-state index >= 15 is 0 Å². The van der Waals surface area contributed by atoms with Gasteiger partial charge < -0.3 is 9.15 Å². The standard InChI is InChI=1S/C13H13NO5/c1-3-18-12(15)7-10-8(2)19-13-9(10)5-4-6-11(13)14(16)17/h4-6H,3,7H2,1-2H3. The summed E-state index contributed by atoms with van der Waals surface area (Å²) in [4.78, 5) is 21.9. The van der Waals surface area contributed by atoms with Crippen LogP contribution < -0.4 is 0 Å². The summed E-state index contributed by atoms with van der Waals surface area (Å²) in [6, 6.07) is 4.65. The van der Waals surface area contributed by atoms with Crippen molar-refractivity contribution in [1.82, 2.24) is 0 Å². The van der Waals surface area contributed by atoms with Crippen molar-refractivity contribution in [1.29, 1.82) is 0 Å². The summed E-state index contributed by atoms with van der Waals surface area (Å²) in [7, 11) is 0. The van der Waals surface area contributed by atoms with Crippen LogP contribution in [-0.2, 0) is 16.0 Å². The molecule has 0 aliphatic rings. The molecule has 0 aliphatic heterocycles. The van der Waals surface area contributed by atoms with Gasteiger partial charge >= 0.3 is 11.7 Å². The Hall–Kier alpha value is -2.37. The van der Waals surface area contributed by atoms with E-state index in [-0.39, 0.29) is 23.7 Å². The molecule has 0 N–H and O–H groups in total. The van der Waals surface area contributed by atoms with Gasteiger partial charge in [-0.25, -0.2) is 0 Å². The van der Waals surface area contributed by atoms with Gasteiger partial charge in [0.25, 0.3) is 0 Å². The second-order valence-corrected chi connectivity index (χ2v) is 4.03. The van der Waals surface area contributed by atoms with Gasteiger partial charge in [-0.2, -0.15) is 0 Å². The summed E-state index contributed by atoms with van der Waals surface area (Å²) < 4.78 is 10.3. The molecule has 0 unspecified atom stereocenters. The van der Waals surface area contributed by atoms with Crippen LogP contribution in [0.1, 0.15) is 18.2 Å². The highest BCUT2D eigenvalue weighted by molar-refractivity contribution is 5.92. The Morgan fingerprint density at radius 1 is 1.47 bits per heavy atom. The van der Waals surface area contributed by atoms with E-state index in [2.05, 4.69) is 0 Å².